The molecular formula is C9H13F. The SMILES string of the molecule is CC=C(F)C(=CC)C1CC1. The molecule has 0 aliphatic heterocycles. The monoisotopic (exact) mass is 140 g/mol. The van der Waals surface area contributed by atoms with Crippen LogP contribution in [0, 0.1) is 5.92 Å². The Labute approximate surface area is 61.4 Å². The van der Waals surface area contributed by atoms with E-state index in [1.165, 1.54) is 18.9 Å². The fourth-order valence-electron chi connectivity index (χ4n) is 1.13. The molecule has 0 aromatic heterocycles. The Kier molecular flexibility index (Phi) is 2.25. The minimum Gasteiger partial charge on any atom is -0.207 e. The van der Waals surface area contributed by atoms with Crippen LogP contribution in [-0.2, 0) is 0 Å². The number of hydrogen-bond donors (Lipinski definition) is 0. The molecule has 0 nitrogen and oxygen atoms in total. The lowest BCUT2D eigenvalue weighted by Gasteiger charge is -1.98. The Balaban J connectivity index is 2.65. The van der Waals surface area contributed by atoms with Gasteiger partial charge in [-0.1, -0.05) is 12.2 Å². The maximum absolute atomic E-state index is 12.9. The van der Waals surface area contributed by atoms with Crippen molar-refractivity contribution in [3.8, 4) is 0 Å². The summed E-state index contributed by atoms with van der Waals surface area (Å²) in [7, 11) is 0. The van der Waals surface area contributed by atoms with Crippen molar-refractivity contribution in [2.24, 2.45) is 5.92 Å². The van der Waals surface area contributed by atoms with Crippen LogP contribution in [0.4, 0.5) is 4.39 Å². The van der Waals surface area contributed by atoms with E-state index < -0.39 is 0 Å². The Morgan fingerprint density at radius 1 is 1.30 bits per heavy atom. The first-order valence-electron chi connectivity index (χ1n) is 3.78. The molecule has 1 aliphatic rings. The van der Waals surface area contributed by atoms with Gasteiger partial charge < -0.3 is 0 Å². The van der Waals surface area contributed by atoms with Crippen molar-refractivity contribution in [3.63, 3.8) is 0 Å². The highest BCUT2D eigenvalue weighted by Crippen LogP contribution is 2.40. The van der Waals surface area contributed by atoms with E-state index in [0.717, 1.165) is 5.57 Å². The molecule has 0 aromatic rings. The molecular weight excluding hydrogens is 127 g/mol. The zero-order valence-electron chi connectivity index (χ0n) is 6.52. The lowest BCUT2D eigenvalue weighted by atomic mass is 10.1. The molecule has 56 valence electrons. The van der Waals surface area contributed by atoms with Crippen LogP contribution in [0.5, 0.6) is 0 Å². The smallest absolute Gasteiger partial charge is 0.122 e. The summed E-state index contributed by atoms with van der Waals surface area (Å²) in [4.78, 5) is 0. The van der Waals surface area contributed by atoms with E-state index in [1.807, 2.05) is 13.0 Å². The summed E-state index contributed by atoms with van der Waals surface area (Å²) in [5.74, 6) is 0.492. The van der Waals surface area contributed by atoms with Gasteiger partial charge in [0.25, 0.3) is 0 Å². The molecule has 0 N–H and O–H groups in total. The first kappa shape index (κ1) is 7.52. The van der Waals surface area contributed by atoms with Crippen molar-refractivity contribution < 1.29 is 4.39 Å². The normalized spacial score (nSPS) is 21.5. The molecule has 1 saturated carbocycles. The molecule has 1 fully saturated rings. The molecule has 0 unspecified atom stereocenters. The molecule has 1 heteroatoms. The molecule has 0 bridgehead atoms. The Hall–Kier alpha value is -0.590. The second kappa shape index (κ2) is 3.00. The number of halogens is 1. The van der Waals surface area contributed by atoms with Crippen LogP contribution in [0.1, 0.15) is 26.7 Å². The summed E-state index contributed by atoms with van der Waals surface area (Å²) in [6.45, 7) is 3.64. The molecule has 10 heavy (non-hydrogen) atoms. The van der Waals surface area contributed by atoms with Crippen molar-refractivity contribution in [1.82, 2.24) is 0 Å². The average molecular weight is 140 g/mol. The van der Waals surface area contributed by atoms with Gasteiger partial charge in [0.1, 0.15) is 5.83 Å². The van der Waals surface area contributed by atoms with Crippen molar-refractivity contribution in [2.45, 2.75) is 26.7 Å². The maximum atomic E-state index is 12.9. The largest absolute Gasteiger partial charge is 0.207 e. The standard InChI is InChI=1S/C9H13F/c1-3-8(7-5-6-7)9(10)4-2/h3-4,7H,5-6H2,1-2H3. The van der Waals surface area contributed by atoms with Crippen LogP contribution in [0.3, 0.4) is 0 Å². The molecule has 0 saturated heterocycles. The van der Waals surface area contributed by atoms with Crippen LogP contribution in [0.25, 0.3) is 0 Å². The Bertz CT molecular complexity index is 173. The van der Waals surface area contributed by atoms with E-state index in [9.17, 15) is 4.39 Å². The molecule has 1 aliphatic carbocycles. The highest BCUT2D eigenvalue weighted by Gasteiger charge is 2.27. The molecule has 1 rings (SSSR count). The van der Waals surface area contributed by atoms with Crippen LogP contribution < -0.4 is 0 Å². The van der Waals surface area contributed by atoms with Gasteiger partial charge in [-0.3, -0.25) is 0 Å². The summed E-state index contributed by atoms with van der Waals surface area (Å²) in [6, 6.07) is 0. The summed E-state index contributed by atoms with van der Waals surface area (Å²) < 4.78 is 12.9. The Morgan fingerprint density at radius 2 is 1.90 bits per heavy atom. The fourth-order valence-corrected chi connectivity index (χ4v) is 1.13. The van der Waals surface area contributed by atoms with Gasteiger partial charge in [-0.15, -0.1) is 0 Å². The second-order valence-corrected chi connectivity index (χ2v) is 2.65. The van der Waals surface area contributed by atoms with Gasteiger partial charge in [0.2, 0.25) is 0 Å². The third-order valence-electron chi connectivity index (χ3n) is 1.86. The van der Waals surface area contributed by atoms with E-state index in [1.54, 1.807) is 6.92 Å². The Morgan fingerprint density at radius 3 is 2.20 bits per heavy atom. The second-order valence-electron chi connectivity index (χ2n) is 2.65. The van der Waals surface area contributed by atoms with Gasteiger partial charge in [-0.05, 0) is 38.2 Å². The van der Waals surface area contributed by atoms with E-state index in [4.69, 9.17) is 0 Å². The third-order valence-corrected chi connectivity index (χ3v) is 1.86. The molecule has 0 radical (unpaired) electrons. The minimum absolute atomic E-state index is 0.0370. The summed E-state index contributed by atoms with van der Waals surface area (Å²) in [5.41, 5.74) is 0.905. The lowest BCUT2D eigenvalue weighted by Crippen LogP contribution is -1.84. The van der Waals surface area contributed by atoms with Crippen molar-refractivity contribution in [3.05, 3.63) is 23.6 Å². The zero-order chi connectivity index (χ0) is 7.56. The van der Waals surface area contributed by atoms with Crippen LogP contribution in [0.15, 0.2) is 23.6 Å². The number of rotatable bonds is 2. The van der Waals surface area contributed by atoms with E-state index in [-0.39, 0.29) is 5.83 Å². The number of hydrogen-bond acceptors (Lipinski definition) is 0. The maximum Gasteiger partial charge on any atom is 0.122 e. The van der Waals surface area contributed by atoms with Gasteiger partial charge in [-0.25, -0.2) is 4.39 Å². The lowest BCUT2D eigenvalue weighted by molar-refractivity contribution is 0.632. The summed E-state index contributed by atoms with van der Waals surface area (Å²) in [5, 5.41) is 0. The molecule has 0 atom stereocenters. The van der Waals surface area contributed by atoms with Gasteiger partial charge in [0.05, 0.1) is 0 Å². The van der Waals surface area contributed by atoms with E-state index in [2.05, 4.69) is 0 Å². The van der Waals surface area contributed by atoms with Crippen LogP contribution >= 0.6 is 0 Å². The topological polar surface area (TPSA) is 0 Å². The molecule has 0 spiro atoms. The van der Waals surface area contributed by atoms with Gasteiger partial charge in [-0.2, -0.15) is 0 Å². The third kappa shape index (κ3) is 1.47. The van der Waals surface area contributed by atoms with Gasteiger partial charge in [0.15, 0.2) is 0 Å². The minimum atomic E-state index is -0.0370. The highest BCUT2D eigenvalue weighted by molar-refractivity contribution is 5.29. The van der Waals surface area contributed by atoms with E-state index >= 15 is 0 Å². The van der Waals surface area contributed by atoms with Crippen molar-refractivity contribution >= 4 is 0 Å². The van der Waals surface area contributed by atoms with Crippen LogP contribution in [-0.4, -0.2) is 0 Å². The fraction of sp³-hybridized carbons (Fsp3) is 0.556. The summed E-state index contributed by atoms with van der Waals surface area (Å²) in [6.07, 6.45) is 5.75. The van der Waals surface area contributed by atoms with Crippen molar-refractivity contribution in [1.29, 1.82) is 0 Å². The van der Waals surface area contributed by atoms with Crippen molar-refractivity contribution in [2.75, 3.05) is 0 Å². The number of allylic oxidation sites excluding steroid dienone is 4. The van der Waals surface area contributed by atoms with Crippen LogP contribution in [0.2, 0.25) is 0 Å². The predicted octanol–water partition coefficient (Wildman–Crippen LogP) is 3.22. The first-order chi connectivity index (χ1) is 4.79. The first-order valence-corrected chi connectivity index (χ1v) is 3.78. The molecule has 0 heterocycles. The zero-order valence-corrected chi connectivity index (χ0v) is 6.52. The molecule has 0 aromatic carbocycles. The quantitative estimate of drug-likeness (QED) is 0.516. The van der Waals surface area contributed by atoms with Gasteiger partial charge >= 0.3 is 0 Å². The van der Waals surface area contributed by atoms with Gasteiger partial charge in [0, 0.05) is 0 Å². The summed E-state index contributed by atoms with van der Waals surface area (Å²) >= 11 is 0. The predicted molar refractivity (Wildman–Crippen MR) is 41.3 cm³/mol. The average Bonchev–Trinajstić information content (AvgIpc) is 2.73. The van der Waals surface area contributed by atoms with E-state index in [0.29, 0.717) is 5.92 Å². The highest BCUT2D eigenvalue weighted by atomic mass is 19.1. The molecule has 0 amide bonds.